The molecule has 0 radical (unpaired) electrons. The van der Waals surface area contributed by atoms with Crippen molar-refractivity contribution >= 4 is 34.0 Å². The highest BCUT2D eigenvalue weighted by Crippen LogP contribution is 2.22. The van der Waals surface area contributed by atoms with E-state index in [2.05, 4.69) is 15.5 Å². The van der Waals surface area contributed by atoms with Gasteiger partial charge in [0.25, 0.3) is 0 Å². The summed E-state index contributed by atoms with van der Waals surface area (Å²) in [6.45, 7) is 3.01. The molecule has 3 rings (SSSR count). The highest BCUT2D eigenvalue weighted by molar-refractivity contribution is 7.15. The first-order chi connectivity index (χ1) is 14.6. The Balaban J connectivity index is 1.31. The maximum atomic E-state index is 12.1. The molecule has 0 aliphatic rings. The van der Waals surface area contributed by atoms with E-state index in [4.69, 9.17) is 21.1 Å². The number of para-hydroxylation sites is 1. The van der Waals surface area contributed by atoms with E-state index in [1.165, 1.54) is 11.3 Å². The molecule has 6 nitrogen and oxygen atoms in total. The average Bonchev–Trinajstić information content (AvgIpc) is 3.18. The van der Waals surface area contributed by atoms with Crippen molar-refractivity contribution in [3.05, 3.63) is 64.1 Å². The van der Waals surface area contributed by atoms with Gasteiger partial charge < -0.3 is 14.8 Å². The van der Waals surface area contributed by atoms with Gasteiger partial charge in [-0.2, -0.15) is 0 Å². The van der Waals surface area contributed by atoms with Gasteiger partial charge in [0.15, 0.2) is 0 Å². The molecule has 30 heavy (non-hydrogen) atoms. The molecule has 8 heteroatoms. The van der Waals surface area contributed by atoms with Gasteiger partial charge in [-0.1, -0.05) is 41.1 Å². The standard InChI is InChI=1S/C22H24ClN3O3S/c1-16-15-17(23)11-12-19(16)29-14-5-9-20(27)24-22-26-25-21(30-22)10-6-13-28-18-7-3-2-4-8-18/h2-4,7-8,11-12,15H,5-6,9-10,13-14H2,1H3,(H,24,26,27). The van der Waals surface area contributed by atoms with Crippen molar-refractivity contribution in [1.29, 1.82) is 0 Å². The zero-order valence-electron chi connectivity index (χ0n) is 16.8. The molecule has 0 aliphatic carbocycles. The van der Waals surface area contributed by atoms with Crippen LogP contribution in [0.1, 0.15) is 29.8 Å². The highest BCUT2D eigenvalue weighted by Gasteiger charge is 2.09. The molecule has 0 atom stereocenters. The summed E-state index contributed by atoms with van der Waals surface area (Å²) in [5.41, 5.74) is 0.975. The van der Waals surface area contributed by atoms with Crippen LogP contribution in [-0.4, -0.2) is 29.3 Å². The number of nitrogens with one attached hydrogen (secondary N) is 1. The Morgan fingerprint density at radius 2 is 1.87 bits per heavy atom. The highest BCUT2D eigenvalue weighted by atomic mass is 35.5. The zero-order valence-corrected chi connectivity index (χ0v) is 18.3. The maximum absolute atomic E-state index is 12.1. The molecule has 158 valence electrons. The van der Waals surface area contributed by atoms with Crippen LogP contribution in [0, 0.1) is 6.92 Å². The van der Waals surface area contributed by atoms with Gasteiger partial charge in [-0.15, -0.1) is 10.2 Å². The molecule has 0 saturated heterocycles. The van der Waals surface area contributed by atoms with Gasteiger partial charge in [-0.3, -0.25) is 4.79 Å². The van der Waals surface area contributed by atoms with Crippen molar-refractivity contribution in [2.75, 3.05) is 18.5 Å². The summed E-state index contributed by atoms with van der Waals surface area (Å²) < 4.78 is 11.4. The minimum atomic E-state index is -0.0958. The van der Waals surface area contributed by atoms with E-state index in [1.54, 1.807) is 6.07 Å². The Kier molecular flexibility index (Phi) is 8.47. The topological polar surface area (TPSA) is 73.3 Å². The second-order valence-corrected chi connectivity index (χ2v) is 8.17. The van der Waals surface area contributed by atoms with Crippen LogP contribution >= 0.6 is 22.9 Å². The third kappa shape index (κ3) is 7.31. The number of benzene rings is 2. The lowest BCUT2D eigenvalue weighted by molar-refractivity contribution is -0.116. The summed E-state index contributed by atoms with van der Waals surface area (Å²) in [7, 11) is 0. The van der Waals surface area contributed by atoms with Crippen molar-refractivity contribution in [2.45, 2.75) is 32.6 Å². The van der Waals surface area contributed by atoms with Crippen molar-refractivity contribution < 1.29 is 14.3 Å². The van der Waals surface area contributed by atoms with E-state index >= 15 is 0 Å². The number of amides is 1. The summed E-state index contributed by atoms with van der Waals surface area (Å²) in [4.78, 5) is 12.1. The monoisotopic (exact) mass is 445 g/mol. The first-order valence-electron chi connectivity index (χ1n) is 9.79. The third-order valence-corrected chi connectivity index (χ3v) is 5.34. The van der Waals surface area contributed by atoms with Crippen LogP contribution in [0.25, 0.3) is 0 Å². The molecule has 1 amide bonds. The van der Waals surface area contributed by atoms with Gasteiger partial charge >= 0.3 is 0 Å². The lowest BCUT2D eigenvalue weighted by atomic mass is 10.2. The average molecular weight is 446 g/mol. The first-order valence-corrected chi connectivity index (χ1v) is 11.0. The van der Waals surface area contributed by atoms with E-state index in [1.807, 2.05) is 49.4 Å². The molecule has 1 heterocycles. The van der Waals surface area contributed by atoms with E-state index in [0.717, 1.165) is 34.9 Å². The van der Waals surface area contributed by atoms with Gasteiger partial charge in [-0.05, 0) is 55.7 Å². The van der Waals surface area contributed by atoms with E-state index in [0.29, 0.717) is 36.2 Å². The Hall–Kier alpha value is -2.64. The number of aromatic nitrogens is 2. The molecular weight excluding hydrogens is 422 g/mol. The summed E-state index contributed by atoms with van der Waals surface area (Å²) in [5, 5.41) is 13.0. The van der Waals surface area contributed by atoms with Crippen LogP contribution in [0.5, 0.6) is 11.5 Å². The molecule has 2 aromatic carbocycles. The number of anilines is 1. The lowest BCUT2D eigenvalue weighted by Gasteiger charge is -2.09. The molecule has 1 aromatic heterocycles. The number of rotatable bonds is 11. The smallest absolute Gasteiger partial charge is 0.226 e. The van der Waals surface area contributed by atoms with Crippen LogP contribution in [0.3, 0.4) is 0 Å². The fourth-order valence-corrected chi connectivity index (χ4v) is 3.73. The second-order valence-electron chi connectivity index (χ2n) is 6.68. The number of hydrogen-bond acceptors (Lipinski definition) is 6. The summed E-state index contributed by atoms with van der Waals surface area (Å²) in [5.74, 6) is 1.55. The first kappa shape index (κ1) is 22.1. The molecule has 3 aromatic rings. The van der Waals surface area contributed by atoms with E-state index < -0.39 is 0 Å². The quantitative estimate of drug-likeness (QED) is 0.405. The van der Waals surface area contributed by atoms with Gasteiger partial charge in [0.2, 0.25) is 11.0 Å². The van der Waals surface area contributed by atoms with Gasteiger partial charge in [0.1, 0.15) is 16.5 Å². The number of nitrogens with zero attached hydrogens (tertiary/aromatic N) is 2. The molecule has 0 aliphatic heterocycles. The molecule has 0 saturated carbocycles. The van der Waals surface area contributed by atoms with Crippen molar-refractivity contribution in [3.63, 3.8) is 0 Å². The predicted molar refractivity (Wildman–Crippen MR) is 120 cm³/mol. The Morgan fingerprint density at radius 1 is 1.07 bits per heavy atom. The minimum Gasteiger partial charge on any atom is -0.494 e. The normalized spacial score (nSPS) is 10.6. The maximum Gasteiger partial charge on any atom is 0.226 e. The van der Waals surface area contributed by atoms with Gasteiger partial charge in [-0.25, -0.2) is 0 Å². The molecule has 0 unspecified atom stereocenters. The Labute approximate surface area is 185 Å². The van der Waals surface area contributed by atoms with E-state index in [9.17, 15) is 4.79 Å². The minimum absolute atomic E-state index is 0.0958. The van der Waals surface area contributed by atoms with Crippen molar-refractivity contribution in [3.8, 4) is 11.5 Å². The predicted octanol–water partition coefficient (Wildman–Crippen LogP) is 5.31. The lowest BCUT2D eigenvalue weighted by Crippen LogP contribution is -2.12. The number of carbonyl (C=O) groups is 1. The number of halogens is 1. The van der Waals surface area contributed by atoms with Crippen molar-refractivity contribution in [1.82, 2.24) is 10.2 Å². The summed E-state index contributed by atoms with van der Waals surface area (Å²) >= 11 is 7.33. The molecule has 0 bridgehead atoms. The molecular formula is C22H24ClN3O3S. The number of carbonyl (C=O) groups excluding carboxylic acids is 1. The number of hydrogen-bond donors (Lipinski definition) is 1. The number of aryl methyl sites for hydroxylation is 2. The van der Waals surface area contributed by atoms with Crippen LogP contribution in [-0.2, 0) is 11.2 Å². The Morgan fingerprint density at radius 3 is 2.67 bits per heavy atom. The fourth-order valence-electron chi connectivity index (χ4n) is 2.71. The van der Waals surface area contributed by atoms with Crippen LogP contribution < -0.4 is 14.8 Å². The van der Waals surface area contributed by atoms with Crippen LogP contribution in [0.2, 0.25) is 5.02 Å². The molecule has 0 spiro atoms. The third-order valence-electron chi connectivity index (χ3n) is 4.20. The zero-order chi connectivity index (χ0) is 21.2. The largest absolute Gasteiger partial charge is 0.494 e. The molecule has 1 N–H and O–H groups in total. The van der Waals surface area contributed by atoms with E-state index in [-0.39, 0.29) is 5.91 Å². The second kappa shape index (κ2) is 11.5. The van der Waals surface area contributed by atoms with Crippen molar-refractivity contribution in [2.24, 2.45) is 0 Å². The van der Waals surface area contributed by atoms with Gasteiger partial charge in [0.05, 0.1) is 13.2 Å². The van der Waals surface area contributed by atoms with Crippen LogP contribution in [0.15, 0.2) is 48.5 Å². The number of ether oxygens (including phenoxy) is 2. The SMILES string of the molecule is Cc1cc(Cl)ccc1OCCCC(=O)Nc1nnc(CCCOc2ccccc2)s1. The summed E-state index contributed by atoms with van der Waals surface area (Å²) in [6.07, 6.45) is 2.55. The van der Waals surface area contributed by atoms with Crippen LogP contribution in [0.4, 0.5) is 5.13 Å². The molecule has 0 fully saturated rings. The summed E-state index contributed by atoms with van der Waals surface area (Å²) in [6, 6.07) is 15.2. The Bertz CT molecular complexity index is 950. The van der Waals surface area contributed by atoms with Gasteiger partial charge in [0, 0.05) is 17.9 Å². The fraction of sp³-hybridized carbons (Fsp3) is 0.318.